The Morgan fingerprint density at radius 3 is 2.53 bits per heavy atom. The second kappa shape index (κ2) is 8.93. The van der Waals surface area contributed by atoms with Crippen molar-refractivity contribution in [3.8, 4) is 0 Å². The Hall–Kier alpha value is -3.74. The number of amides is 3. The summed E-state index contributed by atoms with van der Waals surface area (Å²) < 4.78 is 69.3. The van der Waals surface area contributed by atoms with Crippen LogP contribution < -0.4 is 21.3 Å². The number of aliphatic hydroxyl groups is 1. The van der Waals surface area contributed by atoms with E-state index in [1.54, 1.807) is 0 Å². The van der Waals surface area contributed by atoms with Gasteiger partial charge < -0.3 is 21.5 Å². The van der Waals surface area contributed by atoms with Crippen LogP contribution in [0.15, 0.2) is 48.5 Å². The lowest BCUT2D eigenvalue weighted by Crippen LogP contribution is -2.48. The molecule has 0 radical (unpaired) electrons. The van der Waals surface area contributed by atoms with E-state index in [-0.39, 0.29) is 39.6 Å². The Labute approximate surface area is 217 Å². The van der Waals surface area contributed by atoms with E-state index in [0.29, 0.717) is 16.5 Å². The van der Waals surface area contributed by atoms with E-state index < -0.39 is 53.5 Å². The highest BCUT2D eigenvalue weighted by molar-refractivity contribution is 6.31. The number of nitrogens with one attached hydrogen (secondary N) is 2. The first-order valence-electron chi connectivity index (χ1n) is 11.1. The van der Waals surface area contributed by atoms with Crippen LogP contribution in [0.2, 0.25) is 5.02 Å². The molecule has 3 aromatic rings. The van der Waals surface area contributed by atoms with Crippen molar-refractivity contribution in [3.05, 3.63) is 93.0 Å². The fraction of sp³-hybridized carbons (Fsp3) is 0.200. The van der Waals surface area contributed by atoms with Crippen molar-refractivity contribution in [1.29, 1.82) is 0 Å². The van der Waals surface area contributed by atoms with Gasteiger partial charge in [-0.25, -0.2) is 13.6 Å². The van der Waals surface area contributed by atoms with E-state index in [1.807, 2.05) is 0 Å². The number of hydrogen-bond acceptors (Lipinski definition) is 4. The maximum atomic E-state index is 14.0. The summed E-state index contributed by atoms with van der Waals surface area (Å²) in [4.78, 5) is 26.8. The lowest BCUT2D eigenvalue weighted by Gasteiger charge is -2.27. The van der Waals surface area contributed by atoms with Crippen LogP contribution in [0.3, 0.4) is 0 Å². The number of anilines is 2. The first-order chi connectivity index (χ1) is 17.8. The Morgan fingerprint density at radius 2 is 1.84 bits per heavy atom. The van der Waals surface area contributed by atoms with Crippen molar-refractivity contribution in [2.45, 2.75) is 24.4 Å². The van der Waals surface area contributed by atoms with Gasteiger partial charge in [0.1, 0.15) is 11.6 Å². The van der Waals surface area contributed by atoms with Crippen LogP contribution >= 0.6 is 11.6 Å². The van der Waals surface area contributed by atoms with Crippen LogP contribution in [0, 0.1) is 11.6 Å². The van der Waals surface area contributed by atoms with Crippen molar-refractivity contribution < 1.29 is 36.6 Å². The maximum absolute atomic E-state index is 14.0. The summed E-state index contributed by atoms with van der Waals surface area (Å²) in [5.41, 5.74) is 1.95. The first-order valence-corrected chi connectivity index (χ1v) is 11.5. The van der Waals surface area contributed by atoms with E-state index >= 15 is 0 Å². The first kappa shape index (κ1) is 25.9. The fourth-order valence-corrected chi connectivity index (χ4v) is 4.99. The van der Waals surface area contributed by atoms with Crippen LogP contribution in [-0.4, -0.2) is 29.8 Å². The summed E-state index contributed by atoms with van der Waals surface area (Å²) in [7, 11) is 0. The molecule has 0 bridgehead atoms. The number of β-amino-alcohol motifs (C(OH)–C–C–N with tert-alkyl or cyclic N) is 1. The second-order valence-electron chi connectivity index (χ2n) is 8.92. The van der Waals surface area contributed by atoms with E-state index in [1.165, 1.54) is 18.2 Å². The molecule has 3 amide bonds. The topological polar surface area (TPSA) is 108 Å². The smallest absolute Gasteiger partial charge is 0.375 e. The summed E-state index contributed by atoms with van der Waals surface area (Å²) in [6, 6.07) is 6.66. The van der Waals surface area contributed by atoms with Gasteiger partial charge in [0.25, 0.3) is 5.91 Å². The van der Waals surface area contributed by atoms with Gasteiger partial charge in [-0.1, -0.05) is 11.6 Å². The van der Waals surface area contributed by atoms with Crippen molar-refractivity contribution >= 4 is 34.9 Å². The average molecular weight is 553 g/mol. The largest absolute Gasteiger partial charge is 0.423 e. The van der Waals surface area contributed by atoms with Gasteiger partial charge in [-0.3, -0.25) is 9.69 Å². The lowest BCUT2D eigenvalue weighted by atomic mass is 9.94. The minimum Gasteiger partial charge on any atom is -0.375 e. The molecule has 38 heavy (non-hydrogen) atoms. The molecule has 5 rings (SSSR count). The number of fused-ring (bicyclic) bond motifs is 2. The summed E-state index contributed by atoms with van der Waals surface area (Å²) >= 11 is 6.26. The number of nitrogens with zero attached hydrogens (tertiary/aromatic N) is 1. The average Bonchev–Trinajstić information content (AvgIpc) is 3.35. The predicted molar refractivity (Wildman–Crippen MR) is 128 cm³/mol. The molecule has 13 heteroatoms. The number of urea groups is 1. The molecule has 0 saturated heterocycles. The molecule has 0 spiro atoms. The zero-order valence-corrected chi connectivity index (χ0v) is 19.9. The third-order valence-corrected chi connectivity index (χ3v) is 6.94. The fourth-order valence-electron chi connectivity index (χ4n) is 4.76. The summed E-state index contributed by atoms with van der Waals surface area (Å²) in [6.07, 6.45) is -5.22. The van der Waals surface area contributed by atoms with Crippen LogP contribution in [0.4, 0.5) is 38.1 Å². The summed E-state index contributed by atoms with van der Waals surface area (Å²) in [6.45, 7) is -1.29. The van der Waals surface area contributed by atoms with Crippen LogP contribution in [0.25, 0.3) is 0 Å². The molecule has 0 fully saturated rings. The minimum atomic E-state index is -5.22. The number of hydrogen-bond donors (Lipinski definition) is 4. The summed E-state index contributed by atoms with van der Waals surface area (Å²) in [5.74, 6) is -2.23. The number of carbonyl (C=O) groups excluding carboxylic acids is 2. The van der Waals surface area contributed by atoms with Crippen LogP contribution in [0.1, 0.15) is 38.7 Å². The van der Waals surface area contributed by atoms with Gasteiger partial charge in [0.2, 0.25) is 5.60 Å². The zero-order valence-electron chi connectivity index (χ0n) is 19.2. The molecule has 0 saturated carbocycles. The number of alkyl halides is 3. The van der Waals surface area contributed by atoms with E-state index in [4.69, 9.17) is 17.3 Å². The van der Waals surface area contributed by atoms with E-state index in [0.717, 1.165) is 24.3 Å². The Balaban J connectivity index is 1.59. The molecule has 5 N–H and O–H groups in total. The van der Waals surface area contributed by atoms with Crippen molar-refractivity contribution in [3.63, 3.8) is 0 Å². The molecule has 198 valence electrons. The quantitative estimate of drug-likeness (QED) is 0.353. The SMILES string of the molecule is NCc1cc(NC(=O)N2CC(O)(C(F)(F)F)c3cc(F)ccc32)c2c(c1)C(=O)NC2c1cc(F)ccc1Cl. The van der Waals surface area contributed by atoms with E-state index in [9.17, 15) is 36.6 Å². The van der Waals surface area contributed by atoms with Gasteiger partial charge >= 0.3 is 12.2 Å². The highest BCUT2D eigenvalue weighted by atomic mass is 35.5. The van der Waals surface area contributed by atoms with Crippen LogP contribution in [0.5, 0.6) is 0 Å². The Kier molecular flexibility index (Phi) is 6.08. The van der Waals surface area contributed by atoms with Crippen molar-refractivity contribution in [1.82, 2.24) is 5.32 Å². The highest BCUT2D eigenvalue weighted by Gasteiger charge is 2.61. The third-order valence-electron chi connectivity index (χ3n) is 6.59. The van der Waals surface area contributed by atoms with Gasteiger partial charge in [-0.15, -0.1) is 0 Å². The number of carbonyl (C=O) groups is 2. The number of halogens is 6. The molecule has 2 aliphatic rings. The number of rotatable bonds is 3. The lowest BCUT2D eigenvalue weighted by molar-refractivity contribution is -0.258. The standard InChI is InChI=1S/C25H18ClF5N4O3/c26-17-3-1-12(27)7-14(17)21-20-15(22(36)34-21)5-11(9-32)6-18(20)33-23(37)35-10-24(38,25(29,30)31)16-8-13(28)2-4-19(16)35/h1-8,21,38H,9-10,32H2,(H,33,37)(H,34,36). The van der Waals surface area contributed by atoms with Crippen molar-refractivity contribution in [2.75, 3.05) is 16.8 Å². The van der Waals surface area contributed by atoms with Gasteiger partial charge in [0, 0.05) is 39.5 Å². The minimum absolute atomic E-state index is 0.00254. The van der Waals surface area contributed by atoms with Gasteiger partial charge in [0.15, 0.2) is 0 Å². The van der Waals surface area contributed by atoms with Crippen molar-refractivity contribution in [2.24, 2.45) is 5.73 Å². The van der Waals surface area contributed by atoms with Crippen LogP contribution in [-0.2, 0) is 12.1 Å². The summed E-state index contributed by atoms with van der Waals surface area (Å²) in [5, 5.41) is 15.7. The maximum Gasteiger partial charge on any atom is 0.423 e. The van der Waals surface area contributed by atoms with E-state index in [2.05, 4.69) is 10.6 Å². The Morgan fingerprint density at radius 1 is 1.16 bits per heavy atom. The molecule has 2 unspecified atom stereocenters. The molecule has 2 heterocycles. The zero-order chi connectivity index (χ0) is 27.6. The number of benzene rings is 3. The molecule has 0 aromatic heterocycles. The molecule has 7 nitrogen and oxygen atoms in total. The normalized spacial score (nSPS) is 20.3. The van der Waals surface area contributed by atoms with Gasteiger partial charge in [-0.2, -0.15) is 13.2 Å². The Bertz CT molecular complexity index is 1500. The monoisotopic (exact) mass is 552 g/mol. The molecule has 2 atom stereocenters. The number of nitrogens with two attached hydrogens (primary N) is 1. The molecule has 2 aliphatic heterocycles. The predicted octanol–water partition coefficient (Wildman–Crippen LogP) is 4.71. The van der Waals surface area contributed by atoms with Gasteiger partial charge in [-0.05, 0) is 54.1 Å². The second-order valence-corrected chi connectivity index (χ2v) is 9.32. The molecular formula is C25H18ClF5N4O3. The van der Waals surface area contributed by atoms with Gasteiger partial charge in [0.05, 0.1) is 18.3 Å². The molecule has 3 aromatic carbocycles. The molecule has 0 aliphatic carbocycles. The highest BCUT2D eigenvalue weighted by Crippen LogP contribution is 2.49. The molecular weight excluding hydrogens is 535 g/mol. The third kappa shape index (κ3) is 4.05.